The number of aromatic nitrogens is 2. The summed E-state index contributed by atoms with van der Waals surface area (Å²) < 4.78 is 2.41. The maximum absolute atomic E-state index is 12.0. The van der Waals surface area contributed by atoms with Crippen molar-refractivity contribution < 1.29 is 4.99 Å². The molecule has 1 aromatic rings. The van der Waals surface area contributed by atoms with Crippen molar-refractivity contribution in [2.75, 3.05) is 0 Å². The molecule has 1 fully saturated rings. The molecule has 0 spiro atoms. The van der Waals surface area contributed by atoms with Crippen molar-refractivity contribution in [1.82, 2.24) is 9.13 Å². The quantitative estimate of drug-likeness (QED) is 0.597. The van der Waals surface area contributed by atoms with Gasteiger partial charge in [0.05, 0.1) is 6.04 Å². The van der Waals surface area contributed by atoms with Crippen LogP contribution in [0.1, 0.15) is 32.1 Å². The molecule has 0 bridgehead atoms. The van der Waals surface area contributed by atoms with E-state index in [0.29, 0.717) is 17.5 Å². The summed E-state index contributed by atoms with van der Waals surface area (Å²) in [6.45, 7) is 0. The van der Waals surface area contributed by atoms with Gasteiger partial charge in [-0.1, -0.05) is 24.3 Å². The van der Waals surface area contributed by atoms with Crippen molar-refractivity contribution in [3.05, 3.63) is 31.7 Å². The molecule has 1 aromatic heterocycles. The van der Waals surface area contributed by atoms with Crippen molar-refractivity contribution >= 4 is 5.96 Å². The maximum atomic E-state index is 12.0. The first-order valence-corrected chi connectivity index (χ1v) is 6.95. The van der Waals surface area contributed by atoms with E-state index in [2.05, 4.69) is 15.0 Å². The Labute approximate surface area is 115 Å². The van der Waals surface area contributed by atoms with E-state index in [0.717, 1.165) is 17.4 Å². The zero-order valence-electron chi connectivity index (χ0n) is 11.7. The summed E-state index contributed by atoms with van der Waals surface area (Å²) in [5.74, 6) is 0.449. The number of nitrogens with one attached hydrogen (secondary N) is 1. The molecule has 7 heteroatoms. The van der Waals surface area contributed by atoms with Crippen LogP contribution in [0.5, 0.6) is 0 Å². The van der Waals surface area contributed by atoms with E-state index in [1.807, 2.05) is 0 Å². The van der Waals surface area contributed by atoms with Gasteiger partial charge in [0.25, 0.3) is 10.8 Å². The molecule has 0 unspecified atom stereocenters. The minimum atomic E-state index is -0.396. The van der Waals surface area contributed by atoms with Crippen molar-refractivity contribution in [2.45, 2.75) is 38.1 Å². The van der Waals surface area contributed by atoms with Crippen LogP contribution in [0.25, 0.3) is 0 Å². The van der Waals surface area contributed by atoms with Crippen molar-refractivity contribution in [1.29, 1.82) is 0 Å². The number of hydrogen-bond donors (Lipinski definition) is 1. The van der Waals surface area contributed by atoms with E-state index < -0.39 is 5.56 Å². The van der Waals surface area contributed by atoms with E-state index in [-0.39, 0.29) is 11.0 Å². The summed E-state index contributed by atoms with van der Waals surface area (Å²) in [4.78, 5) is 35.7. The van der Waals surface area contributed by atoms with E-state index in [9.17, 15) is 9.59 Å². The van der Waals surface area contributed by atoms with Gasteiger partial charge in [-0.25, -0.2) is 4.79 Å². The lowest BCUT2D eigenvalue weighted by atomic mass is 9.96. The minimum absolute atomic E-state index is 0.243. The Morgan fingerprint density at radius 3 is 2.45 bits per heavy atom. The molecule has 2 heterocycles. The van der Waals surface area contributed by atoms with Crippen LogP contribution >= 0.6 is 0 Å². The lowest BCUT2D eigenvalue weighted by Crippen LogP contribution is -2.79. The summed E-state index contributed by atoms with van der Waals surface area (Å²) in [6.07, 6.45) is 5.89. The van der Waals surface area contributed by atoms with Crippen LogP contribution in [0.3, 0.4) is 0 Å². The first kappa shape index (κ1) is 13.0. The summed E-state index contributed by atoms with van der Waals surface area (Å²) in [5, 5.41) is 0.243. The molecule has 0 radical (unpaired) electrons. The molecule has 0 atom stereocenters. The van der Waals surface area contributed by atoms with E-state index >= 15 is 0 Å². The van der Waals surface area contributed by atoms with Crippen molar-refractivity contribution in [2.24, 2.45) is 24.1 Å². The number of hydrogen-bond acceptors (Lipinski definition) is 2. The number of fused-ring (bicyclic) bond motifs is 1. The molecule has 106 valence electrons. The third kappa shape index (κ3) is 2.03. The number of rotatable bonds is 1. The summed E-state index contributed by atoms with van der Waals surface area (Å²) in [7, 11) is 3.05. The Balaban J connectivity index is 2.12. The van der Waals surface area contributed by atoms with Gasteiger partial charge in [-0.15, -0.1) is 0 Å². The third-order valence-electron chi connectivity index (χ3n) is 3.98. The van der Waals surface area contributed by atoms with Gasteiger partial charge in [0.1, 0.15) is 0 Å². The summed E-state index contributed by atoms with van der Waals surface area (Å²) in [5.41, 5.74) is -0.435. The molecule has 1 aliphatic carbocycles. The molecule has 1 N–H and O–H groups in total. The fourth-order valence-corrected chi connectivity index (χ4v) is 2.77. The lowest BCUT2D eigenvalue weighted by molar-refractivity contribution is -0.509. The van der Waals surface area contributed by atoms with Gasteiger partial charge in [0, 0.05) is 14.1 Å². The van der Waals surface area contributed by atoms with Crippen LogP contribution in [-0.4, -0.2) is 21.1 Å². The Morgan fingerprint density at radius 1 is 1.05 bits per heavy atom. The highest BCUT2D eigenvalue weighted by atomic mass is 16.2. The largest absolute Gasteiger partial charge is 0.429 e. The second kappa shape index (κ2) is 4.81. The molecule has 2 aliphatic rings. The second-order valence-electron chi connectivity index (χ2n) is 5.40. The van der Waals surface area contributed by atoms with Gasteiger partial charge in [0.15, 0.2) is 0 Å². The second-order valence-corrected chi connectivity index (χ2v) is 5.40. The van der Waals surface area contributed by atoms with Crippen molar-refractivity contribution in [3.63, 3.8) is 0 Å². The average molecular weight is 276 g/mol. The van der Waals surface area contributed by atoms with Gasteiger partial charge in [-0.05, 0) is 17.8 Å². The molecule has 1 saturated carbocycles. The lowest BCUT2D eigenvalue weighted by Gasteiger charge is -2.15. The predicted octanol–water partition coefficient (Wildman–Crippen LogP) is -2.89. The SMILES string of the molecule is Cn1c(=O)c2c(n(C)c1=O)=NC(=[NH+]C1CCCCC1)N=2. The van der Waals surface area contributed by atoms with E-state index in [1.165, 1.54) is 30.9 Å². The van der Waals surface area contributed by atoms with Crippen LogP contribution < -0.4 is 27.1 Å². The fourth-order valence-electron chi connectivity index (χ4n) is 2.77. The van der Waals surface area contributed by atoms with Gasteiger partial charge in [-0.2, -0.15) is 0 Å². The third-order valence-corrected chi connectivity index (χ3v) is 3.98. The smallest absolute Gasteiger partial charge is 0.269 e. The highest BCUT2D eigenvalue weighted by Crippen LogP contribution is 2.14. The molecule has 0 aromatic carbocycles. The predicted molar refractivity (Wildman–Crippen MR) is 72.1 cm³/mol. The molecule has 0 amide bonds. The van der Waals surface area contributed by atoms with Crippen LogP contribution in [0, 0.1) is 0 Å². The maximum Gasteiger partial charge on any atom is 0.429 e. The van der Waals surface area contributed by atoms with E-state index in [4.69, 9.17) is 0 Å². The zero-order chi connectivity index (χ0) is 14.3. The molecule has 0 saturated heterocycles. The first-order valence-electron chi connectivity index (χ1n) is 6.95. The van der Waals surface area contributed by atoms with Gasteiger partial charge < -0.3 is 0 Å². The fraction of sp³-hybridized carbons (Fsp3) is 0.615. The Kier molecular flexibility index (Phi) is 3.11. The molecule has 7 nitrogen and oxygen atoms in total. The molecular formula is C13H18N5O2+. The average Bonchev–Trinajstić information content (AvgIpc) is 2.88. The Morgan fingerprint density at radius 2 is 1.75 bits per heavy atom. The highest BCUT2D eigenvalue weighted by Gasteiger charge is 2.23. The van der Waals surface area contributed by atoms with Gasteiger partial charge in [-0.3, -0.25) is 18.9 Å². The first-order chi connectivity index (χ1) is 9.58. The van der Waals surface area contributed by atoms with Crippen LogP contribution in [0.15, 0.2) is 19.6 Å². The molecule has 3 rings (SSSR count). The molecule has 1 aliphatic heterocycles. The van der Waals surface area contributed by atoms with Crippen LogP contribution in [0.4, 0.5) is 0 Å². The Hall–Kier alpha value is -2.05. The normalized spacial score (nSPS) is 20.6. The molecular weight excluding hydrogens is 258 g/mol. The van der Waals surface area contributed by atoms with Gasteiger partial charge in [0.2, 0.25) is 0 Å². The van der Waals surface area contributed by atoms with Gasteiger partial charge >= 0.3 is 17.2 Å². The standard InChI is InChI=1S/C13H17N5O2/c1-17-10-9(11(19)18(2)13(17)20)15-12(16-10)14-8-6-4-3-5-7-8/h8H,3-7H2,1-2H3/p+1. The Bertz CT molecular complexity index is 809. The summed E-state index contributed by atoms with van der Waals surface area (Å²) >= 11 is 0. The van der Waals surface area contributed by atoms with E-state index in [1.54, 1.807) is 7.05 Å². The van der Waals surface area contributed by atoms with Crippen LogP contribution in [-0.2, 0) is 14.1 Å². The number of nitrogens with zero attached hydrogens (tertiary/aromatic N) is 4. The van der Waals surface area contributed by atoms with Crippen molar-refractivity contribution in [3.8, 4) is 0 Å². The number of guanidine groups is 1. The summed E-state index contributed by atoms with van der Waals surface area (Å²) in [6, 6.07) is 0.362. The minimum Gasteiger partial charge on any atom is -0.269 e. The topological polar surface area (TPSA) is 82.7 Å². The molecule has 20 heavy (non-hydrogen) atoms. The monoisotopic (exact) mass is 276 g/mol. The van der Waals surface area contributed by atoms with Crippen LogP contribution in [0.2, 0.25) is 0 Å². The zero-order valence-corrected chi connectivity index (χ0v) is 11.7. The highest BCUT2D eigenvalue weighted by molar-refractivity contribution is 5.77.